The van der Waals surface area contributed by atoms with E-state index in [0.717, 1.165) is 17.9 Å². The first kappa shape index (κ1) is 14.5. The smallest absolute Gasteiger partial charge is 0.240 e. The van der Waals surface area contributed by atoms with Crippen molar-refractivity contribution in [3.05, 3.63) is 24.3 Å². The third-order valence-electron chi connectivity index (χ3n) is 2.67. The maximum atomic E-state index is 11.4. The Morgan fingerprint density at radius 3 is 2.50 bits per heavy atom. The molecule has 4 N–H and O–H groups in total. The van der Waals surface area contributed by atoms with Crippen molar-refractivity contribution in [2.75, 3.05) is 29.9 Å². The SMILES string of the molecule is CCN(CCO)c1ccc(NC(=O)[C@H](C)N)cc1. The molecule has 18 heavy (non-hydrogen) atoms. The first-order valence-electron chi connectivity index (χ1n) is 6.10. The van der Waals surface area contributed by atoms with Gasteiger partial charge in [-0.25, -0.2) is 0 Å². The number of amides is 1. The standard InChI is InChI=1S/C13H21N3O2/c1-3-16(8-9-17)12-6-4-11(5-7-12)15-13(18)10(2)14/h4-7,10,17H,3,8-9,14H2,1-2H3,(H,15,18)/t10-/m0/s1. The van der Waals surface area contributed by atoms with Crippen molar-refractivity contribution in [1.82, 2.24) is 0 Å². The van der Waals surface area contributed by atoms with Crippen molar-refractivity contribution in [2.24, 2.45) is 5.73 Å². The largest absolute Gasteiger partial charge is 0.395 e. The molecule has 0 aliphatic carbocycles. The number of hydrogen-bond acceptors (Lipinski definition) is 4. The molecule has 5 heteroatoms. The van der Waals surface area contributed by atoms with Crippen LogP contribution < -0.4 is 16.0 Å². The second-order valence-corrected chi connectivity index (χ2v) is 4.13. The summed E-state index contributed by atoms with van der Waals surface area (Å²) in [4.78, 5) is 13.5. The Hall–Kier alpha value is -1.59. The molecule has 0 spiro atoms. The molecule has 100 valence electrons. The average molecular weight is 251 g/mol. The van der Waals surface area contributed by atoms with Gasteiger partial charge in [-0.1, -0.05) is 0 Å². The maximum absolute atomic E-state index is 11.4. The number of aliphatic hydroxyl groups is 1. The second-order valence-electron chi connectivity index (χ2n) is 4.13. The monoisotopic (exact) mass is 251 g/mol. The van der Waals surface area contributed by atoms with Gasteiger partial charge in [0.1, 0.15) is 0 Å². The van der Waals surface area contributed by atoms with E-state index in [-0.39, 0.29) is 12.5 Å². The Morgan fingerprint density at radius 1 is 1.44 bits per heavy atom. The Kier molecular flexibility index (Phi) is 5.61. The quantitative estimate of drug-likeness (QED) is 0.698. The van der Waals surface area contributed by atoms with Crippen molar-refractivity contribution >= 4 is 17.3 Å². The normalized spacial score (nSPS) is 12.0. The summed E-state index contributed by atoms with van der Waals surface area (Å²) in [5.41, 5.74) is 7.22. The molecule has 0 radical (unpaired) electrons. The van der Waals surface area contributed by atoms with Gasteiger partial charge in [-0.15, -0.1) is 0 Å². The summed E-state index contributed by atoms with van der Waals surface area (Å²) >= 11 is 0. The van der Waals surface area contributed by atoms with Gasteiger partial charge in [0, 0.05) is 24.5 Å². The number of anilines is 2. The first-order chi connectivity index (χ1) is 8.58. The van der Waals surface area contributed by atoms with E-state index in [9.17, 15) is 4.79 Å². The van der Waals surface area contributed by atoms with Gasteiger partial charge >= 0.3 is 0 Å². The molecule has 0 heterocycles. The van der Waals surface area contributed by atoms with Crippen LogP contribution in [-0.4, -0.2) is 36.8 Å². The van der Waals surface area contributed by atoms with Crippen LogP contribution in [-0.2, 0) is 4.79 Å². The fraction of sp³-hybridized carbons (Fsp3) is 0.462. The minimum Gasteiger partial charge on any atom is -0.395 e. The number of nitrogens with one attached hydrogen (secondary N) is 1. The van der Waals surface area contributed by atoms with Gasteiger partial charge in [-0.05, 0) is 38.1 Å². The van der Waals surface area contributed by atoms with Crippen molar-refractivity contribution in [3.8, 4) is 0 Å². The summed E-state index contributed by atoms with van der Waals surface area (Å²) in [6, 6.07) is 6.96. The number of rotatable bonds is 6. The van der Waals surface area contributed by atoms with Crippen LogP contribution in [0.2, 0.25) is 0 Å². The van der Waals surface area contributed by atoms with Gasteiger partial charge in [-0.2, -0.15) is 0 Å². The van der Waals surface area contributed by atoms with Crippen LogP contribution in [0.3, 0.4) is 0 Å². The molecule has 1 rings (SSSR count). The van der Waals surface area contributed by atoms with E-state index in [4.69, 9.17) is 10.8 Å². The molecule has 1 amide bonds. The van der Waals surface area contributed by atoms with E-state index in [2.05, 4.69) is 10.2 Å². The number of nitrogens with zero attached hydrogens (tertiary/aromatic N) is 1. The van der Waals surface area contributed by atoms with Gasteiger partial charge < -0.3 is 21.1 Å². The summed E-state index contributed by atoms with van der Waals surface area (Å²) in [6.45, 7) is 5.22. The summed E-state index contributed by atoms with van der Waals surface area (Å²) in [6.07, 6.45) is 0. The highest BCUT2D eigenvalue weighted by Gasteiger charge is 2.08. The van der Waals surface area contributed by atoms with Crippen LogP contribution in [0.15, 0.2) is 24.3 Å². The lowest BCUT2D eigenvalue weighted by Crippen LogP contribution is -2.32. The molecular formula is C13H21N3O2. The maximum Gasteiger partial charge on any atom is 0.240 e. The molecule has 1 atom stereocenters. The second kappa shape index (κ2) is 6.98. The minimum absolute atomic E-state index is 0.122. The highest BCUT2D eigenvalue weighted by Crippen LogP contribution is 2.17. The van der Waals surface area contributed by atoms with Gasteiger partial charge in [0.25, 0.3) is 0 Å². The predicted octanol–water partition coefficient (Wildman–Crippen LogP) is 0.791. The van der Waals surface area contributed by atoms with E-state index in [1.165, 1.54) is 0 Å². The zero-order valence-electron chi connectivity index (χ0n) is 10.9. The van der Waals surface area contributed by atoms with Gasteiger partial charge in [0.05, 0.1) is 12.6 Å². The Labute approximate surface area is 108 Å². The number of aliphatic hydroxyl groups excluding tert-OH is 1. The Morgan fingerprint density at radius 2 is 2.06 bits per heavy atom. The van der Waals surface area contributed by atoms with E-state index in [1.54, 1.807) is 6.92 Å². The Balaban J connectivity index is 2.70. The molecule has 0 aliphatic heterocycles. The molecule has 0 aromatic heterocycles. The zero-order chi connectivity index (χ0) is 13.5. The van der Waals surface area contributed by atoms with Crippen LogP contribution >= 0.6 is 0 Å². The third-order valence-corrected chi connectivity index (χ3v) is 2.67. The summed E-state index contributed by atoms with van der Waals surface area (Å²) in [7, 11) is 0. The topological polar surface area (TPSA) is 78.6 Å². The van der Waals surface area contributed by atoms with E-state index in [0.29, 0.717) is 6.54 Å². The lowest BCUT2D eigenvalue weighted by Gasteiger charge is -2.22. The number of likely N-dealkylation sites (N-methyl/N-ethyl adjacent to an activating group) is 1. The zero-order valence-corrected chi connectivity index (χ0v) is 10.9. The lowest BCUT2D eigenvalue weighted by molar-refractivity contribution is -0.117. The van der Waals surface area contributed by atoms with E-state index in [1.807, 2.05) is 31.2 Å². The minimum atomic E-state index is -0.522. The highest BCUT2D eigenvalue weighted by atomic mass is 16.3. The van der Waals surface area contributed by atoms with Crippen LogP contribution in [0.5, 0.6) is 0 Å². The van der Waals surface area contributed by atoms with Gasteiger partial charge in [0.15, 0.2) is 0 Å². The molecule has 0 bridgehead atoms. The molecule has 0 saturated carbocycles. The van der Waals surface area contributed by atoms with Crippen molar-refractivity contribution in [1.29, 1.82) is 0 Å². The molecule has 0 aliphatic rings. The van der Waals surface area contributed by atoms with Gasteiger partial charge in [0.2, 0.25) is 5.91 Å². The number of carbonyl (C=O) groups excluding carboxylic acids is 1. The molecule has 0 fully saturated rings. The summed E-state index contributed by atoms with van der Waals surface area (Å²) in [5.74, 6) is -0.203. The van der Waals surface area contributed by atoms with E-state index >= 15 is 0 Å². The predicted molar refractivity (Wildman–Crippen MR) is 73.7 cm³/mol. The fourth-order valence-electron chi connectivity index (χ4n) is 1.60. The number of nitrogens with two attached hydrogens (primary N) is 1. The van der Waals surface area contributed by atoms with Crippen LogP contribution in [0.25, 0.3) is 0 Å². The number of benzene rings is 1. The van der Waals surface area contributed by atoms with Crippen molar-refractivity contribution in [3.63, 3.8) is 0 Å². The van der Waals surface area contributed by atoms with Gasteiger partial charge in [-0.3, -0.25) is 4.79 Å². The molecular weight excluding hydrogens is 230 g/mol. The molecule has 0 saturated heterocycles. The van der Waals surface area contributed by atoms with Crippen LogP contribution in [0.4, 0.5) is 11.4 Å². The number of carbonyl (C=O) groups is 1. The summed E-state index contributed by atoms with van der Waals surface area (Å²) in [5, 5.41) is 11.7. The van der Waals surface area contributed by atoms with E-state index < -0.39 is 6.04 Å². The van der Waals surface area contributed by atoms with Crippen molar-refractivity contribution in [2.45, 2.75) is 19.9 Å². The first-order valence-corrected chi connectivity index (χ1v) is 6.10. The third kappa shape index (κ3) is 4.01. The number of hydrogen-bond donors (Lipinski definition) is 3. The van der Waals surface area contributed by atoms with Crippen LogP contribution in [0.1, 0.15) is 13.8 Å². The molecule has 1 aromatic rings. The Bertz CT molecular complexity index is 376. The average Bonchev–Trinajstić information content (AvgIpc) is 2.37. The molecule has 0 unspecified atom stereocenters. The lowest BCUT2D eigenvalue weighted by atomic mass is 10.2. The van der Waals surface area contributed by atoms with Crippen molar-refractivity contribution < 1.29 is 9.90 Å². The highest BCUT2D eigenvalue weighted by molar-refractivity contribution is 5.94. The summed E-state index contributed by atoms with van der Waals surface area (Å²) < 4.78 is 0. The fourth-order valence-corrected chi connectivity index (χ4v) is 1.60. The molecule has 5 nitrogen and oxygen atoms in total. The molecule has 1 aromatic carbocycles. The van der Waals surface area contributed by atoms with Crippen LogP contribution in [0, 0.1) is 0 Å².